The minimum Gasteiger partial charge on any atom is -0.403 e. The average Bonchev–Trinajstić information content (AvgIpc) is 2.65. The molecule has 0 heterocycles. The first-order valence-corrected chi connectivity index (χ1v) is 8.58. The van der Waals surface area contributed by atoms with Gasteiger partial charge in [0, 0.05) is 18.5 Å². The molecule has 2 aromatic rings. The van der Waals surface area contributed by atoms with Crippen LogP contribution in [0.4, 0.5) is 17.1 Å². The number of hydrogen-bond donors (Lipinski definition) is 6. The summed E-state index contributed by atoms with van der Waals surface area (Å²) in [5.74, 6) is 5.21. The Morgan fingerprint density at radius 1 is 1.15 bits per heavy atom. The van der Waals surface area contributed by atoms with E-state index in [9.17, 15) is 0 Å². The van der Waals surface area contributed by atoms with E-state index in [4.69, 9.17) is 22.4 Å². The molecule has 0 fully saturated rings. The molecule has 0 atom stereocenters. The van der Waals surface area contributed by atoms with Crippen molar-refractivity contribution in [2.24, 2.45) is 11.6 Å². The number of nitrogen functional groups attached to an aromatic ring is 2. The van der Waals surface area contributed by atoms with Crippen molar-refractivity contribution in [1.29, 1.82) is 0 Å². The van der Waals surface area contributed by atoms with E-state index in [1.54, 1.807) is 0 Å². The Morgan fingerprint density at radius 2 is 1.74 bits per heavy atom. The summed E-state index contributed by atoms with van der Waals surface area (Å²) < 4.78 is 0. The van der Waals surface area contributed by atoms with Crippen molar-refractivity contribution in [2.45, 2.75) is 26.7 Å². The maximum atomic E-state index is 7.00. The van der Waals surface area contributed by atoms with E-state index < -0.39 is 0 Å². The highest BCUT2D eigenvalue weighted by Gasteiger charge is 1.93. The predicted molar refractivity (Wildman–Crippen MR) is 118 cm³/mol. The van der Waals surface area contributed by atoms with E-state index >= 15 is 0 Å². The van der Waals surface area contributed by atoms with Gasteiger partial charge in [-0.3, -0.25) is 5.84 Å². The Morgan fingerprint density at radius 3 is 2.11 bits per heavy atom. The summed E-state index contributed by atoms with van der Waals surface area (Å²) in [7, 11) is 1.00. The lowest BCUT2D eigenvalue weighted by Crippen LogP contribution is -2.39. The molecule has 0 aliphatic heterocycles. The largest absolute Gasteiger partial charge is 0.403 e. The van der Waals surface area contributed by atoms with E-state index in [1.807, 2.05) is 74.5 Å². The van der Waals surface area contributed by atoms with Gasteiger partial charge in [-0.05, 0) is 62.6 Å². The van der Waals surface area contributed by atoms with Gasteiger partial charge in [0.05, 0.1) is 5.69 Å². The fourth-order valence-corrected chi connectivity index (χ4v) is 1.76. The number of nitrogens with one attached hydrogen (secondary N) is 1. The maximum Gasteiger partial charge on any atom is 0.127 e. The second-order valence-corrected chi connectivity index (χ2v) is 5.52. The molecule has 0 spiro atoms. The number of nitrogens with two attached hydrogens (primary N) is 3. The Labute approximate surface area is 163 Å². The molecular formula is C21H36N5O+. The molecule has 2 rings (SSSR count). The summed E-state index contributed by atoms with van der Waals surface area (Å²) in [5, 5.41) is 7.00. The lowest BCUT2D eigenvalue weighted by molar-refractivity contribution is -0.254. The Hall–Kier alpha value is -2.80. The number of unbranched alkanes of at least 4 members (excludes halogenated alkanes) is 1. The Kier molecular flexibility index (Phi) is 17.6. The van der Waals surface area contributed by atoms with Gasteiger partial charge in [0.25, 0.3) is 0 Å². The van der Waals surface area contributed by atoms with E-state index in [-0.39, 0.29) is 0 Å². The summed E-state index contributed by atoms with van der Waals surface area (Å²) >= 11 is 0. The second-order valence-electron chi connectivity index (χ2n) is 5.52. The maximum absolute atomic E-state index is 7.00. The van der Waals surface area contributed by atoms with Crippen LogP contribution in [0.5, 0.6) is 0 Å². The first-order chi connectivity index (χ1) is 12.9. The molecule has 27 heavy (non-hydrogen) atoms. The summed E-state index contributed by atoms with van der Waals surface area (Å²) in [5.41, 5.74) is 21.9. The standard InChI is InChI=1S/C7H11N3.C7H13N.C6H7N.CH4O/c1-5-4-6(8)2-3-7(5)10-9;1-3-4-5-6-7(2)8;7-6-4-2-1-3-5-6;1-2/h2-4,10H,8-9H2,1H3;3,6H,1,4-5,8H2,2H3;1-5H,7H2;2H,1H3/p+1/b;7-6-;;. The molecule has 6 nitrogen and oxygen atoms in total. The quantitative estimate of drug-likeness (QED) is 0.161. The smallest absolute Gasteiger partial charge is 0.127 e. The lowest BCUT2D eigenvalue weighted by atomic mass is 10.2. The topological polar surface area (TPSA) is 138 Å². The number of aryl methyl sites for hydroxylation is 1. The van der Waals surface area contributed by atoms with Gasteiger partial charge in [-0.1, -0.05) is 30.4 Å². The summed E-state index contributed by atoms with van der Waals surface area (Å²) in [6.07, 6.45) is 5.93. The first kappa shape index (κ1) is 26.4. The van der Waals surface area contributed by atoms with Crippen LogP contribution in [0.15, 0.2) is 73.0 Å². The van der Waals surface area contributed by atoms with E-state index in [0.717, 1.165) is 48.3 Å². The number of aliphatic hydroxyl groups is 1. The molecule has 0 bridgehead atoms. The van der Waals surface area contributed by atoms with Crippen molar-refractivity contribution in [2.75, 3.05) is 18.3 Å². The lowest BCUT2D eigenvalue weighted by Gasteiger charge is -2.03. The number of rotatable bonds is 4. The Balaban J connectivity index is 0. The van der Waals surface area contributed by atoms with Crippen molar-refractivity contribution in [3.05, 3.63) is 78.5 Å². The molecule has 0 unspecified atom stereocenters. The molecule has 0 aliphatic carbocycles. The molecule has 0 saturated heterocycles. The monoisotopic (exact) mass is 374 g/mol. The van der Waals surface area contributed by atoms with Crippen molar-refractivity contribution in [3.8, 4) is 0 Å². The molecule has 0 radical (unpaired) electrons. The summed E-state index contributed by atoms with van der Waals surface area (Å²) in [4.78, 5) is 0. The third-order valence-corrected chi connectivity index (χ3v) is 3.09. The first-order valence-electron chi connectivity index (χ1n) is 8.58. The highest BCUT2D eigenvalue weighted by Crippen LogP contribution is 2.15. The average molecular weight is 375 g/mol. The van der Waals surface area contributed by atoms with Gasteiger partial charge in [-0.15, -0.1) is 6.58 Å². The molecule has 2 aromatic carbocycles. The minimum absolute atomic E-state index is 0.761. The Bertz CT molecular complexity index is 638. The molecule has 150 valence electrons. The van der Waals surface area contributed by atoms with Crippen LogP contribution in [0.3, 0.4) is 0 Å². The van der Waals surface area contributed by atoms with Crippen molar-refractivity contribution in [1.82, 2.24) is 0 Å². The predicted octanol–water partition coefficient (Wildman–Crippen LogP) is 2.85. The van der Waals surface area contributed by atoms with Crippen LogP contribution >= 0.6 is 0 Å². The van der Waals surface area contributed by atoms with Crippen LogP contribution in [-0.2, 0) is 0 Å². The molecular weight excluding hydrogens is 338 g/mol. The molecule has 6 heteroatoms. The number of quaternary nitrogens is 1. The van der Waals surface area contributed by atoms with E-state index in [1.165, 1.54) is 0 Å². The van der Waals surface area contributed by atoms with Crippen LogP contribution < -0.4 is 28.5 Å². The summed E-state index contributed by atoms with van der Waals surface area (Å²) in [6.45, 7) is 7.43. The third kappa shape index (κ3) is 16.4. The molecule has 0 amide bonds. The normalized spacial score (nSPS) is 9.33. The van der Waals surface area contributed by atoms with E-state index in [0.29, 0.717) is 0 Å². The van der Waals surface area contributed by atoms with Crippen molar-refractivity contribution in [3.63, 3.8) is 0 Å². The van der Waals surface area contributed by atoms with Gasteiger partial charge >= 0.3 is 0 Å². The fraction of sp³-hybridized carbons (Fsp3) is 0.238. The zero-order valence-electron chi connectivity index (χ0n) is 16.8. The van der Waals surface area contributed by atoms with Crippen LogP contribution in [0.25, 0.3) is 0 Å². The van der Waals surface area contributed by atoms with Gasteiger partial charge in [0.2, 0.25) is 0 Å². The van der Waals surface area contributed by atoms with Crippen LogP contribution in [0.2, 0.25) is 0 Å². The van der Waals surface area contributed by atoms with Crippen molar-refractivity contribution < 1.29 is 10.8 Å². The second kappa shape index (κ2) is 18.0. The zero-order chi connectivity index (χ0) is 21.1. The van der Waals surface area contributed by atoms with Gasteiger partial charge < -0.3 is 27.7 Å². The highest BCUT2D eigenvalue weighted by molar-refractivity contribution is 5.56. The van der Waals surface area contributed by atoms with Gasteiger partial charge in [0.15, 0.2) is 0 Å². The zero-order valence-corrected chi connectivity index (χ0v) is 16.8. The fourth-order valence-electron chi connectivity index (χ4n) is 1.76. The number of hydrogen-bond acceptors (Lipinski definition) is 5. The number of hydrazine groups is 1. The van der Waals surface area contributed by atoms with Crippen LogP contribution in [-0.4, -0.2) is 12.2 Å². The van der Waals surface area contributed by atoms with Gasteiger partial charge in [0.1, 0.15) is 5.69 Å². The number of allylic oxidation sites excluding steroid dienone is 3. The highest BCUT2D eigenvalue weighted by atomic mass is 16.2. The van der Waals surface area contributed by atoms with Crippen LogP contribution in [0, 0.1) is 6.92 Å². The van der Waals surface area contributed by atoms with Gasteiger partial charge in [-0.2, -0.15) is 0 Å². The molecule has 0 saturated carbocycles. The van der Waals surface area contributed by atoms with Crippen molar-refractivity contribution >= 4 is 17.1 Å². The van der Waals surface area contributed by atoms with Crippen LogP contribution in [0.1, 0.15) is 25.3 Å². The summed E-state index contributed by atoms with van der Waals surface area (Å²) in [6, 6.07) is 15.4. The van der Waals surface area contributed by atoms with Gasteiger partial charge in [-0.25, -0.2) is 0 Å². The van der Waals surface area contributed by atoms with E-state index in [2.05, 4.69) is 17.7 Å². The minimum atomic E-state index is 0.761. The molecule has 0 aromatic heterocycles. The number of aliphatic hydroxyl groups excluding tert-OH is 1. The molecule has 0 aliphatic rings. The molecule has 11 N–H and O–H groups in total. The third-order valence-electron chi connectivity index (χ3n) is 3.09. The number of benzene rings is 2. The number of anilines is 2. The SMILES string of the molecule is C=CCC/C=C(/C)N.CO.Cc1cc(N)ccc1NN.[NH3+]c1ccccc1.